The molecule has 1 saturated heterocycles. The highest BCUT2D eigenvalue weighted by Crippen LogP contribution is 2.37. The van der Waals surface area contributed by atoms with Crippen molar-refractivity contribution in [3.8, 4) is 22.4 Å². The number of aryl methyl sites for hydroxylation is 1. The number of aromatic nitrogens is 2. The molecular weight excluding hydrogens is 597 g/mol. The summed E-state index contributed by atoms with van der Waals surface area (Å²) in [4.78, 5) is 2.46. The van der Waals surface area contributed by atoms with Gasteiger partial charge in [0.05, 0.1) is 31.8 Å². The molecule has 1 atom stereocenters. The van der Waals surface area contributed by atoms with Crippen LogP contribution in [0.1, 0.15) is 30.2 Å². The van der Waals surface area contributed by atoms with E-state index < -0.39 is 10.0 Å². The van der Waals surface area contributed by atoms with Gasteiger partial charge in [-0.15, -0.1) is 0 Å². The van der Waals surface area contributed by atoms with Gasteiger partial charge < -0.3 is 15.2 Å². The molecule has 0 radical (unpaired) electrons. The summed E-state index contributed by atoms with van der Waals surface area (Å²) in [7, 11) is -3.35. The number of ether oxygens (including phenoxy) is 1. The second-order valence-corrected chi connectivity index (χ2v) is 13.9. The Bertz CT molecular complexity index is 1510. The Balaban J connectivity index is 1.47. The number of fused-ring (bicyclic) bond motifs is 1. The van der Waals surface area contributed by atoms with E-state index in [-0.39, 0.29) is 6.61 Å². The number of aliphatic hydroxyl groups is 1. The van der Waals surface area contributed by atoms with Crippen molar-refractivity contribution in [1.29, 1.82) is 0 Å². The first-order valence-electron chi connectivity index (χ1n) is 14.4. The van der Waals surface area contributed by atoms with Crippen molar-refractivity contribution in [2.24, 2.45) is 0 Å². The number of nitrogens with zero attached hydrogens (tertiary/aromatic N) is 4. The smallest absolute Gasteiger partial charge is 0.211 e. The van der Waals surface area contributed by atoms with Crippen LogP contribution in [-0.2, 0) is 40.8 Å². The van der Waals surface area contributed by atoms with Gasteiger partial charge in [0.15, 0.2) is 0 Å². The molecule has 3 heterocycles. The SMILES string of the molecule is C[C@H]1COCCN1CCCn1nc(-c2ccc(Cl)c(-c3ccc(Cl)c(CNCCO)c3)c2)c2c1CCN(S(C)(=O)=O)C2. The fraction of sp³-hybridized carbons (Fsp3) is 0.500. The van der Waals surface area contributed by atoms with Crippen molar-refractivity contribution in [1.82, 2.24) is 24.3 Å². The summed E-state index contributed by atoms with van der Waals surface area (Å²) in [6.07, 6.45) is 2.82. The Hall–Kier alpha value is -2.02. The van der Waals surface area contributed by atoms with E-state index in [1.807, 2.05) is 36.4 Å². The summed E-state index contributed by atoms with van der Waals surface area (Å²) in [5.74, 6) is 0. The first-order chi connectivity index (χ1) is 20.2. The third-order valence-electron chi connectivity index (χ3n) is 8.09. The maximum atomic E-state index is 12.5. The van der Waals surface area contributed by atoms with Gasteiger partial charge in [-0.2, -0.15) is 9.40 Å². The van der Waals surface area contributed by atoms with E-state index in [1.165, 1.54) is 10.6 Å². The Kier molecular flexibility index (Phi) is 10.3. The van der Waals surface area contributed by atoms with Crippen molar-refractivity contribution >= 4 is 33.2 Å². The average molecular weight is 637 g/mol. The number of nitrogens with one attached hydrogen (secondary N) is 1. The van der Waals surface area contributed by atoms with E-state index in [1.54, 1.807) is 0 Å². The number of morpholine rings is 1. The van der Waals surface area contributed by atoms with Crippen LogP contribution in [0.15, 0.2) is 36.4 Å². The fourth-order valence-corrected chi connectivity index (χ4v) is 6.95. The summed E-state index contributed by atoms with van der Waals surface area (Å²) in [6.45, 7) is 8.15. The normalized spacial score (nSPS) is 18.4. The average Bonchev–Trinajstić information content (AvgIpc) is 3.33. The summed E-state index contributed by atoms with van der Waals surface area (Å²) in [5, 5.41) is 18.6. The molecule has 5 rings (SSSR count). The van der Waals surface area contributed by atoms with E-state index in [0.717, 1.165) is 78.5 Å². The molecule has 0 spiro atoms. The first-order valence-corrected chi connectivity index (χ1v) is 17.0. The largest absolute Gasteiger partial charge is 0.395 e. The molecule has 0 bridgehead atoms. The van der Waals surface area contributed by atoms with Gasteiger partial charge in [0, 0.05) is 90.7 Å². The van der Waals surface area contributed by atoms with Crippen molar-refractivity contribution in [2.45, 2.75) is 45.4 Å². The number of rotatable bonds is 11. The minimum atomic E-state index is -3.35. The van der Waals surface area contributed by atoms with Gasteiger partial charge in [0.2, 0.25) is 10.0 Å². The monoisotopic (exact) mass is 635 g/mol. The molecule has 2 aromatic carbocycles. The molecule has 0 aliphatic carbocycles. The van der Waals surface area contributed by atoms with Gasteiger partial charge in [-0.3, -0.25) is 9.58 Å². The number of halogens is 2. The second kappa shape index (κ2) is 13.7. The van der Waals surface area contributed by atoms with Gasteiger partial charge in [0.25, 0.3) is 0 Å². The predicted molar refractivity (Wildman–Crippen MR) is 167 cm³/mol. The standard InChI is InChI=1S/C30H39Cl2N5O4S/c1-21-20-41-15-13-35(21)10-3-11-37-29-8-12-36(42(2,39)40)19-26(29)30(34-37)23-5-7-28(32)25(17-23)22-4-6-27(31)24(16-22)18-33-9-14-38/h4-7,16-17,21,33,38H,3,8-15,18-20H2,1-2H3/t21-/m0/s1. The third-order valence-corrected chi connectivity index (χ3v) is 10.0. The van der Waals surface area contributed by atoms with Crippen molar-refractivity contribution in [2.75, 3.05) is 52.3 Å². The summed E-state index contributed by atoms with van der Waals surface area (Å²) >= 11 is 13.2. The fourth-order valence-electron chi connectivity index (χ4n) is 5.76. The molecule has 42 heavy (non-hydrogen) atoms. The Labute approximate surface area is 258 Å². The van der Waals surface area contributed by atoms with Crippen molar-refractivity contribution in [3.63, 3.8) is 0 Å². The zero-order valence-corrected chi connectivity index (χ0v) is 26.5. The predicted octanol–water partition coefficient (Wildman–Crippen LogP) is 4.03. The molecule has 0 saturated carbocycles. The molecule has 12 heteroatoms. The highest BCUT2D eigenvalue weighted by molar-refractivity contribution is 7.88. The van der Waals surface area contributed by atoms with E-state index >= 15 is 0 Å². The van der Waals surface area contributed by atoms with Crippen molar-refractivity contribution < 1.29 is 18.3 Å². The number of benzene rings is 2. The number of aliphatic hydroxyl groups excluding tert-OH is 1. The van der Waals surface area contributed by atoms with Crippen LogP contribution in [0.5, 0.6) is 0 Å². The molecule has 0 unspecified atom stereocenters. The van der Waals surface area contributed by atoms with Gasteiger partial charge in [-0.05, 0) is 48.7 Å². The minimum Gasteiger partial charge on any atom is -0.395 e. The summed E-state index contributed by atoms with van der Waals surface area (Å²) < 4.78 is 34.2. The third kappa shape index (κ3) is 7.19. The van der Waals surface area contributed by atoms with Crippen LogP contribution < -0.4 is 5.32 Å². The number of sulfonamides is 1. The summed E-state index contributed by atoms with van der Waals surface area (Å²) in [6, 6.07) is 12.0. The topological polar surface area (TPSA) is 99.9 Å². The molecule has 1 fully saturated rings. The number of hydrogen-bond donors (Lipinski definition) is 2. The van der Waals surface area contributed by atoms with Crippen LogP contribution in [0, 0.1) is 0 Å². The van der Waals surface area contributed by atoms with Crippen LogP contribution in [0.3, 0.4) is 0 Å². The zero-order valence-electron chi connectivity index (χ0n) is 24.2. The van der Waals surface area contributed by atoms with Crippen LogP contribution in [0.2, 0.25) is 10.0 Å². The van der Waals surface area contributed by atoms with Gasteiger partial charge in [0.1, 0.15) is 0 Å². The maximum Gasteiger partial charge on any atom is 0.211 e. The van der Waals surface area contributed by atoms with Crippen molar-refractivity contribution in [3.05, 3.63) is 63.3 Å². The lowest BCUT2D eigenvalue weighted by atomic mass is 9.97. The van der Waals surface area contributed by atoms with Crippen LogP contribution in [-0.4, -0.2) is 90.8 Å². The molecule has 0 amide bonds. The second-order valence-electron chi connectivity index (χ2n) is 11.1. The van der Waals surface area contributed by atoms with Crippen LogP contribution in [0.4, 0.5) is 0 Å². The lowest BCUT2D eigenvalue weighted by Crippen LogP contribution is -2.44. The lowest BCUT2D eigenvalue weighted by Gasteiger charge is -2.33. The molecule has 2 aliphatic rings. The summed E-state index contributed by atoms with van der Waals surface area (Å²) in [5.41, 5.74) is 6.38. The first kappa shape index (κ1) is 31.4. The molecular formula is C30H39Cl2N5O4S. The van der Waals surface area contributed by atoms with E-state index in [4.69, 9.17) is 38.1 Å². The molecule has 9 nitrogen and oxygen atoms in total. The molecule has 1 aromatic heterocycles. The van der Waals surface area contributed by atoms with Gasteiger partial charge >= 0.3 is 0 Å². The lowest BCUT2D eigenvalue weighted by molar-refractivity contribution is -0.00122. The van der Waals surface area contributed by atoms with E-state index in [0.29, 0.717) is 48.7 Å². The highest BCUT2D eigenvalue weighted by Gasteiger charge is 2.30. The van der Waals surface area contributed by atoms with Gasteiger partial charge in [-0.25, -0.2) is 8.42 Å². The van der Waals surface area contributed by atoms with Gasteiger partial charge in [-0.1, -0.05) is 35.3 Å². The maximum absolute atomic E-state index is 12.5. The Morgan fingerprint density at radius 2 is 1.88 bits per heavy atom. The van der Waals surface area contributed by atoms with E-state index in [9.17, 15) is 8.42 Å². The Morgan fingerprint density at radius 1 is 1.10 bits per heavy atom. The molecule has 2 N–H and O–H groups in total. The molecule has 3 aromatic rings. The molecule has 228 valence electrons. The quantitative estimate of drug-likeness (QED) is 0.307. The highest BCUT2D eigenvalue weighted by atomic mass is 35.5. The number of hydrogen-bond acceptors (Lipinski definition) is 7. The minimum absolute atomic E-state index is 0.0469. The van der Waals surface area contributed by atoms with Crippen LogP contribution >= 0.6 is 23.2 Å². The molecule has 2 aliphatic heterocycles. The van der Waals surface area contributed by atoms with Crippen LogP contribution in [0.25, 0.3) is 22.4 Å². The zero-order chi connectivity index (χ0) is 29.9. The Morgan fingerprint density at radius 3 is 2.64 bits per heavy atom. The van der Waals surface area contributed by atoms with E-state index in [2.05, 4.69) is 21.8 Å².